The Hall–Kier alpha value is -3.80. The minimum Gasteiger partial charge on any atom is -0.378 e. The molecule has 254 valence electrons. The molecule has 1 aromatic rings. The van der Waals surface area contributed by atoms with Gasteiger partial charge >= 0.3 is 12.4 Å². The number of hydrazone groups is 1. The van der Waals surface area contributed by atoms with Gasteiger partial charge in [-0.05, 0) is 25.0 Å². The van der Waals surface area contributed by atoms with Gasteiger partial charge in [0.2, 0.25) is 12.1 Å². The summed E-state index contributed by atoms with van der Waals surface area (Å²) in [6.45, 7) is 7.41. The molecule has 3 heterocycles. The van der Waals surface area contributed by atoms with Crippen LogP contribution in [0.2, 0.25) is 25.7 Å². The molecule has 46 heavy (non-hydrogen) atoms. The van der Waals surface area contributed by atoms with Gasteiger partial charge in [0.05, 0.1) is 24.1 Å². The number of ether oxygens (including phenoxy) is 1. The molecule has 0 spiro atoms. The Balaban J connectivity index is 1.52. The van der Waals surface area contributed by atoms with Gasteiger partial charge < -0.3 is 15.0 Å². The van der Waals surface area contributed by atoms with Gasteiger partial charge in [-0.15, -0.1) is 0 Å². The summed E-state index contributed by atoms with van der Waals surface area (Å²) in [5.41, 5.74) is -1.72. The van der Waals surface area contributed by atoms with Crippen LogP contribution in [0.5, 0.6) is 0 Å². The van der Waals surface area contributed by atoms with Crippen molar-refractivity contribution in [2.45, 2.75) is 63.6 Å². The summed E-state index contributed by atoms with van der Waals surface area (Å²) in [6, 6.07) is -0.121. The molecule has 0 aromatic carbocycles. The summed E-state index contributed by atoms with van der Waals surface area (Å²) >= 11 is 0. The number of hydroxylamine groups is 1. The van der Waals surface area contributed by atoms with E-state index in [1.165, 1.54) is 23.8 Å². The van der Waals surface area contributed by atoms with E-state index in [2.05, 4.69) is 40.0 Å². The highest BCUT2D eigenvalue weighted by Crippen LogP contribution is 2.35. The molecule has 0 aliphatic carbocycles. The lowest BCUT2D eigenvalue weighted by atomic mass is 10.0. The van der Waals surface area contributed by atoms with Crippen LogP contribution in [0, 0.1) is 0 Å². The molecule has 2 aliphatic rings. The van der Waals surface area contributed by atoms with Crippen LogP contribution in [-0.2, 0) is 25.3 Å². The number of hydrogen-bond acceptors (Lipinski definition) is 10. The molecule has 11 nitrogen and oxygen atoms in total. The van der Waals surface area contributed by atoms with Crippen LogP contribution >= 0.6 is 0 Å². The van der Waals surface area contributed by atoms with Gasteiger partial charge in [0.1, 0.15) is 12.3 Å². The lowest BCUT2D eigenvalue weighted by Crippen LogP contribution is -2.41. The number of aromatic nitrogens is 2. The number of hydrogen-bond donors (Lipinski definition) is 2. The minimum atomic E-state index is -4.96. The van der Waals surface area contributed by atoms with Crippen molar-refractivity contribution in [3.05, 3.63) is 46.6 Å². The van der Waals surface area contributed by atoms with Crippen molar-refractivity contribution in [1.82, 2.24) is 25.8 Å². The Morgan fingerprint density at radius 1 is 1.13 bits per heavy atom. The number of alkyl halides is 7. The quantitative estimate of drug-likeness (QED) is 0.0791. The second kappa shape index (κ2) is 15.2. The van der Waals surface area contributed by atoms with E-state index in [-0.39, 0.29) is 44.4 Å². The smallest absolute Gasteiger partial charge is 0.378 e. The topological polar surface area (TPSA) is 121 Å². The van der Waals surface area contributed by atoms with Gasteiger partial charge in [0.25, 0.3) is 5.91 Å². The molecule has 2 atom stereocenters. The fourth-order valence-electron chi connectivity index (χ4n) is 4.13. The van der Waals surface area contributed by atoms with Crippen LogP contribution in [-0.4, -0.2) is 92.5 Å². The third kappa shape index (κ3) is 10.4. The first-order chi connectivity index (χ1) is 21.4. The van der Waals surface area contributed by atoms with E-state index in [4.69, 9.17) is 9.57 Å². The second-order valence-electron chi connectivity index (χ2n) is 11.7. The summed E-state index contributed by atoms with van der Waals surface area (Å²) in [6.07, 6.45) is -8.09. The first-order valence-electron chi connectivity index (χ1n) is 14.0. The molecule has 1 aromatic heterocycles. The number of rotatable bonds is 13. The molecule has 2 N–H and O–H groups in total. The van der Waals surface area contributed by atoms with Gasteiger partial charge in [-0.1, -0.05) is 25.7 Å². The number of amides is 1. The van der Waals surface area contributed by atoms with Crippen molar-refractivity contribution < 1.29 is 49.9 Å². The first-order valence-corrected chi connectivity index (χ1v) is 17.7. The summed E-state index contributed by atoms with van der Waals surface area (Å²) in [5, 5.41) is 7.19. The van der Waals surface area contributed by atoms with Crippen molar-refractivity contribution in [3.63, 3.8) is 0 Å². The zero-order chi connectivity index (χ0) is 34.3. The second-order valence-corrected chi connectivity index (χ2v) is 17.3. The normalized spacial score (nSPS) is 17.5. The van der Waals surface area contributed by atoms with E-state index in [1.807, 2.05) is 5.48 Å². The van der Waals surface area contributed by atoms with Gasteiger partial charge in [-0.25, -0.2) is 29.6 Å². The Labute approximate surface area is 261 Å². The van der Waals surface area contributed by atoms with E-state index < -0.39 is 67.7 Å². The highest BCUT2D eigenvalue weighted by atomic mass is 28.3. The molecule has 0 saturated carbocycles. The highest BCUT2D eigenvalue weighted by Gasteiger charge is 2.43. The predicted molar refractivity (Wildman–Crippen MR) is 155 cm³/mol. The Bertz CT molecular complexity index is 1370. The number of allylic oxidation sites excluding steroid dienone is 2. The maximum absolute atomic E-state index is 14.8. The van der Waals surface area contributed by atoms with E-state index in [0.29, 0.717) is 12.4 Å². The van der Waals surface area contributed by atoms with Crippen molar-refractivity contribution >= 4 is 32.1 Å². The van der Waals surface area contributed by atoms with E-state index in [1.54, 1.807) is 0 Å². The third-order valence-corrected chi connectivity index (χ3v) is 8.34. The van der Waals surface area contributed by atoms with E-state index in [9.17, 15) is 40.3 Å². The zero-order valence-corrected chi connectivity index (χ0v) is 26.4. The maximum atomic E-state index is 14.8. The molecule has 1 amide bonds. The third-order valence-electron chi connectivity index (χ3n) is 6.64. The maximum Gasteiger partial charge on any atom is 0.421 e. The van der Waals surface area contributed by atoms with Crippen molar-refractivity contribution in [1.29, 1.82) is 0 Å². The van der Waals surface area contributed by atoms with Crippen LogP contribution in [0.15, 0.2) is 46.1 Å². The van der Waals surface area contributed by atoms with Crippen LogP contribution in [0.4, 0.5) is 36.7 Å². The molecular weight excluding hydrogens is 647 g/mol. The Kier molecular flexibility index (Phi) is 12.1. The molecule has 2 aliphatic heterocycles. The molecule has 1 unspecified atom stereocenters. The summed E-state index contributed by atoms with van der Waals surface area (Å²) in [5.74, 6) is 0.140. The predicted octanol–water partition coefficient (Wildman–Crippen LogP) is 4.14. The lowest BCUT2D eigenvalue weighted by Gasteiger charge is -2.29. The van der Waals surface area contributed by atoms with Crippen molar-refractivity contribution in [2.24, 2.45) is 5.10 Å². The standard InChI is InChI=1S/C27H34F7N7O4Si/c1-17(38-20-13-37-41(16-44-9-10-46(2,3)4)21(14-42)22(20)27(32,33)34)15-45-39-24(43)23(28)18-5-7-40(8-6-18)25-35-11-19(12-36-25)26(29,30)31/h5,11-13,17,23,38H,6-10,15-16H2,1-4H3,(H,39,43)/t17-,23?/m0/s1. The highest BCUT2D eigenvalue weighted by molar-refractivity contribution is 6.76. The molecule has 0 fully saturated rings. The van der Waals surface area contributed by atoms with E-state index in [0.717, 1.165) is 17.3 Å². The molecule has 0 radical (unpaired) electrons. The van der Waals surface area contributed by atoms with Gasteiger partial charge in [0.15, 0.2) is 11.6 Å². The molecule has 3 rings (SSSR count). The summed E-state index contributed by atoms with van der Waals surface area (Å²) in [7, 11) is -1.46. The molecule has 0 bridgehead atoms. The Morgan fingerprint density at radius 2 is 1.80 bits per heavy atom. The minimum absolute atomic E-state index is 0.00837. The zero-order valence-electron chi connectivity index (χ0n) is 25.4. The van der Waals surface area contributed by atoms with Gasteiger partial charge in [-0.3, -0.25) is 9.63 Å². The summed E-state index contributed by atoms with van der Waals surface area (Å²) in [4.78, 5) is 37.8. The van der Waals surface area contributed by atoms with Gasteiger partial charge in [-0.2, -0.15) is 31.4 Å². The SMILES string of the molecule is C[C@@H](CONC(=O)C(F)C1=CCN(c2ncc(C(F)(F)F)cn2)CC1)NC1=C(C(F)(F)F)C(=C=O)N(COCC[Si](C)(C)C)N=C1. The van der Waals surface area contributed by atoms with Gasteiger partial charge in [0, 0.05) is 46.2 Å². The van der Waals surface area contributed by atoms with Crippen molar-refractivity contribution in [2.75, 3.05) is 37.9 Å². The first kappa shape index (κ1) is 36.7. The average Bonchev–Trinajstić information content (AvgIpc) is 2.97. The monoisotopic (exact) mass is 681 g/mol. The molecule has 0 saturated heterocycles. The average molecular weight is 682 g/mol. The number of halogens is 7. The number of anilines is 1. The van der Waals surface area contributed by atoms with Crippen LogP contribution in [0.25, 0.3) is 0 Å². The lowest BCUT2D eigenvalue weighted by molar-refractivity contribution is -0.138. The van der Waals surface area contributed by atoms with E-state index >= 15 is 0 Å². The molecular formula is C27H34F7N7O4Si. The fraction of sp³-hybridized carbons (Fsp3) is 0.556. The number of carbonyl (C=O) groups is 1. The number of nitrogens with zero attached hydrogens (tertiary/aromatic N) is 5. The van der Waals surface area contributed by atoms with Crippen molar-refractivity contribution in [3.8, 4) is 0 Å². The summed E-state index contributed by atoms with van der Waals surface area (Å²) < 4.78 is 100. The largest absolute Gasteiger partial charge is 0.421 e. The molecule has 19 heteroatoms. The fourth-order valence-corrected chi connectivity index (χ4v) is 4.88. The van der Waals surface area contributed by atoms with Crippen LogP contribution < -0.4 is 15.7 Å². The Morgan fingerprint density at radius 3 is 2.35 bits per heavy atom. The van der Waals surface area contributed by atoms with Crippen LogP contribution in [0.3, 0.4) is 0 Å². The number of nitrogens with one attached hydrogen (secondary N) is 2. The van der Waals surface area contributed by atoms with Crippen LogP contribution in [0.1, 0.15) is 18.9 Å². The number of carbonyl (C=O) groups excluding carboxylic acids is 2.